The molecule has 0 aromatic carbocycles. The molecule has 0 rings (SSSR count). The molecule has 0 unspecified atom stereocenters. The lowest BCUT2D eigenvalue weighted by molar-refractivity contribution is 0.196. The second kappa shape index (κ2) is 7.70. The van der Waals surface area contributed by atoms with Crippen molar-refractivity contribution in [2.45, 2.75) is 26.2 Å². The first-order chi connectivity index (χ1) is 4.41. The van der Waals surface area contributed by atoms with Crippen molar-refractivity contribution in [3.8, 4) is 0 Å². The van der Waals surface area contributed by atoms with Gasteiger partial charge in [-0.15, -0.1) is 0 Å². The van der Waals surface area contributed by atoms with E-state index in [1.165, 1.54) is 0 Å². The Morgan fingerprint density at radius 3 is 2.67 bits per heavy atom. The fraction of sp³-hybridized carbons (Fsp3) is 0.750. The average molecular weight is 128 g/mol. The molecule has 0 saturated heterocycles. The second-order valence-corrected chi connectivity index (χ2v) is 2.01. The molecule has 0 N–H and O–H groups in total. The Balaban J connectivity index is 2.82. The highest BCUT2D eigenvalue weighted by atomic mass is 16.5. The Morgan fingerprint density at radius 1 is 1.33 bits per heavy atom. The van der Waals surface area contributed by atoms with E-state index in [0.29, 0.717) is 0 Å². The third-order valence-electron chi connectivity index (χ3n) is 1.12. The minimum atomic E-state index is 0.883. The van der Waals surface area contributed by atoms with Gasteiger partial charge in [-0.3, -0.25) is 0 Å². The standard InChI is InChI=1S/C8H16O/c1-3-4-5-6-7-8-9-2/h4-5H,3,6-8H2,1-2H3/b5-4-. The fourth-order valence-electron chi connectivity index (χ4n) is 0.630. The van der Waals surface area contributed by atoms with Gasteiger partial charge in [0.25, 0.3) is 0 Å². The molecule has 54 valence electrons. The van der Waals surface area contributed by atoms with E-state index in [1.807, 2.05) is 0 Å². The Labute approximate surface area is 57.7 Å². The predicted octanol–water partition coefficient (Wildman–Crippen LogP) is 2.38. The topological polar surface area (TPSA) is 9.23 Å². The highest BCUT2D eigenvalue weighted by Gasteiger charge is 1.79. The van der Waals surface area contributed by atoms with Crippen LogP contribution in [0.25, 0.3) is 0 Å². The van der Waals surface area contributed by atoms with Crippen molar-refractivity contribution >= 4 is 0 Å². The van der Waals surface area contributed by atoms with Gasteiger partial charge in [0.2, 0.25) is 0 Å². The van der Waals surface area contributed by atoms with Gasteiger partial charge in [0.15, 0.2) is 0 Å². The Bertz CT molecular complexity index is 67.0. The summed E-state index contributed by atoms with van der Waals surface area (Å²) >= 11 is 0. The first-order valence-electron chi connectivity index (χ1n) is 3.55. The van der Waals surface area contributed by atoms with E-state index >= 15 is 0 Å². The molecule has 0 amide bonds. The molecular formula is C8H16O. The molecule has 0 aliphatic rings. The maximum atomic E-state index is 4.89. The second-order valence-electron chi connectivity index (χ2n) is 2.01. The molecule has 0 aromatic rings. The third-order valence-corrected chi connectivity index (χ3v) is 1.12. The lowest BCUT2D eigenvalue weighted by Crippen LogP contribution is -1.85. The number of allylic oxidation sites excluding steroid dienone is 2. The number of unbranched alkanes of at least 4 members (excludes halogenated alkanes) is 1. The summed E-state index contributed by atoms with van der Waals surface area (Å²) in [5, 5.41) is 0. The van der Waals surface area contributed by atoms with Crippen LogP contribution >= 0.6 is 0 Å². The molecule has 0 aliphatic carbocycles. The van der Waals surface area contributed by atoms with E-state index in [2.05, 4.69) is 19.1 Å². The highest BCUT2D eigenvalue weighted by Crippen LogP contribution is 1.91. The Morgan fingerprint density at radius 2 is 2.11 bits per heavy atom. The van der Waals surface area contributed by atoms with Gasteiger partial charge in [-0.1, -0.05) is 19.1 Å². The van der Waals surface area contributed by atoms with Gasteiger partial charge in [-0.25, -0.2) is 0 Å². The van der Waals surface area contributed by atoms with Crippen molar-refractivity contribution < 1.29 is 4.74 Å². The SMILES string of the molecule is CC/C=C\CCCOC. The van der Waals surface area contributed by atoms with Crippen molar-refractivity contribution in [1.29, 1.82) is 0 Å². The van der Waals surface area contributed by atoms with Gasteiger partial charge in [0.1, 0.15) is 0 Å². The van der Waals surface area contributed by atoms with Gasteiger partial charge in [0.05, 0.1) is 0 Å². The van der Waals surface area contributed by atoms with Crippen LogP contribution in [0.4, 0.5) is 0 Å². The van der Waals surface area contributed by atoms with Crippen LogP contribution in [0.1, 0.15) is 26.2 Å². The van der Waals surface area contributed by atoms with Crippen LogP contribution in [0.3, 0.4) is 0 Å². The van der Waals surface area contributed by atoms with Gasteiger partial charge >= 0.3 is 0 Å². The molecular weight excluding hydrogens is 112 g/mol. The first-order valence-corrected chi connectivity index (χ1v) is 3.55. The van der Waals surface area contributed by atoms with E-state index in [-0.39, 0.29) is 0 Å². The summed E-state index contributed by atoms with van der Waals surface area (Å²) in [5.41, 5.74) is 0. The van der Waals surface area contributed by atoms with Crippen LogP contribution in [0.15, 0.2) is 12.2 Å². The van der Waals surface area contributed by atoms with Crippen LogP contribution in [0.5, 0.6) is 0 Å². The van der Waals surface area contributed by atoms with E-state index in [9.17, 15) is 0 Å². The molecule has 0 saturated carbocycles. The number of methoxy groups -OCH3 is 1. The highest BCUT2D eigenvalue weighted by molar-refractivity contribution is 4.79. The van der Waals surface area contributed by atoms with Crippen LogP contribution < -0.4 is 0 Å². The van der Waals surface area contributed by atoms with Crippen molar-refractivity contribution in [2.75, 3.05) is 13.7 Å². The maximum absolute atomic E-state index is 4.89. The summed E-state index contributed by atoms with van der Waals surface area (Å²) < 4.78 is 4.89. The van der Waals surface area contributed by atoms with Crippen molar-refractivity contribution in [2.24, 2.45) is 0 Å². The molecule has 0 atom stereocenters. The molecule has 0 aromatic heterocycles. The van der Waals surface area contributed by atoms with Gasteiger partial charge in [-0.2, -0.15) is 0 Å². The zero-order chi connectivity index (χ0) is 6.95. The van der Waals surface area contributed by atoms with E-state index in [0.717, 1.165) is 25.9 Å². The molecule has 0 radical (unpaired) electrons. The number of hydrogen-bond acceptors (Lipinski definition) is 1. The van der Waals surface area contributed by atoms with Crippen LogP contribution in [0.2, 0.25) is 0 Å². The summed E-state index contributed by atoms with van der Waals surface area (Å²) in [6, 6.07) is 0. The van der Waals surface area contributed by atoms with Gasteiger partial charge < -0.3 is 4.74 Å². The van der Waals surface area contributed by atoms with Crippen LogP contribution in [-0.2, 0) is 4.74 Å². The first kappa shape index (κ1) is 8.70. The predicted molar refractivity (Wildman–Crippen MR) is 40.5 cm³/mol. The van der Waals surface area contributed by atoms with Crippen molar-refractivity contribution in [3.63, 3.8) is 0 Å². The third kappa shape index (κ3) is 7.70. The number of ether oxygens (including phenoxy) is 1. The molecule has 1 heteroatoms. The fourth-order valence-corrected chi connectivity index (χ4v) is 0.630. The molecule has 9 heavy (non-hydrogen) atoms. The Hall–Kier alpha value is -0.300. The zero-order valence-corrected chi connectivity index (χ0v) is 6.39. The number of rotatable bonds is 5. The van der Waals surface area contributed by atoms with Gasteiger partial charge in [0, 0.05) is 13.7 Å². The molecule has 0 bridgehead atoms. The quantitative estimate of drug-likeness (QED) is 0.408. The van der Waals surface area contributed by atoms with E-state index < -0.39 is 0 Å². The molecule has 1 nitrogen and oxygen atoms in total. The smallest absolute Gasteiger partial charge is 0.0465 e. The molecule has 0 spiro atoms. The lowest BCUT2D eigenvalue weighted by Gasteiger charge is -1.91. The minimum Gasteiger partial charge on any atom is -0.385 e. The van der Waals surface area contributed by atoms with Crippen molar-refractivity contribution in [3.05, 3.63) is 12.2 Å². The largest absolute Gasteiger partial charge is 0.385 e. The summed E-state index contributed by atoms with van der Waals surface area (Å²) in [4.78, 5) is 0. The van der Waals surface area contributed by atoms with E-state index in [4.69, 9.17) is 4.74 Å². The van der Waals surface area contributed by atoms with Crippen LogP contribution in [-0.4, -0.2) is 13.7 Å². The maximum Gasteiger partial charge on any atom is 0.0465 e. The lowest BCUT2D eigenvalue weighted by atomic mass is 10.3. The van der Waals surface area contributed by atoms with Gasteiger partial charge in [-0.05, 0) is 19.3 Å². The molecule has 0 heterocycles. The Kier molecular flexibility index (Phi) is 7.44. The zero-order valence-electron chi connectivity index (χ0n) is 6.39. The molecule has 0 aliphatic heterocycles. The summed E-state index contributed by atoms with van der Waals surface area (Å²) in [7, 11) is 1.74. The summed E-state index contributed by atoms with van der Waals surface area (Å²) in [6.07, 6.45) is 7.84. The molecule has 0 fully saturated rings. The minimum absolute atomic E-state index is 0.883. The summed E-state index contributed by atoms with van der Waals surface area (Å²) in [6.45, 7) is 3.03. The normalized spacial score (nSPS) is 10.9. The monoisotopic (exact) mass is 128 g/mol. The average Bonchev–Trinajstić information content (AvgIpc) is 1.89. The van der Waals surface area contributed by atoms with Crippen molar-refractivity contribution in [1.82, 2.24) is 0 Å². The van der Waals surface area contributed by atoms with E-state index in [1.54, 1.807) is 7.11 Å². The number of hydrogen-bond donors (Lipinski definition) is 0. The van der Waals surface area contributed by atoms with Crippen LogP contribution in [0, 0.1) is 0 Å². The summed E-state index contributed by atoms with van der Waals surface area (Å²) in [5.74, 6) is 0.